The summed E-state index contributed by atoms with van der Waals surface area (Å²) in [6, 6.07) is 5.93. The number of halogens is 1. The molecule has 0 aliphatic carbocycles. The van der Waals surface area contributed by atoms with Crippen LogP contribution in [0.25, 0.3) is 5.57 Å². The predicted molar refractivity (Wildman–Crippen MR) is 98.7 cm³/mol. The Morgan fingerprint density at radius 1 is 1.14 bits per heavy atom. The summed E-state index contributed by atoms with van der Waals surface area (Å²) < 4.78 is 5.27. The van der Waals surface area contributed by atoms with Gasteiger partial charge < -0.3 is 9.64 Å². The van der Waals surface area contributed by atoms with Crippen molar-refractivity contribution >= 4 is 41.5 Å². The highest BCUT2D eigenvalue weighted by Gasteiger charge is 2.12. The van der Waals surface area contributed by atoms with Crippen molar-refractivity contribution < 1.29 is 4.74 Å². The number of nitrogens with zero attached hydrogens (tertiary/aromatic N) is 2. The zero-order valence-corrected chi connectivity index (χ0v) is 14.3. The first kappa shape index (κ1) is 15.6. The summed E-state index contributed by atoms with van der Waals surface area (Å²) in [5.74, 6) is 0.854. The summed E-state index contributed by atoms with van der Waals surface area (Å²) in [6.07, 6.45) is 14.3. The van der Waals surface area contributed by atoms with Crippen molar-refractivity contribution in [1.29, 1.82) is 0 Å². The van der Waals surface area contributed by atoms with Gasteiger partial charge in [-0.15, -0.1) is 24.0 Å². The van der Waals surface area contributed by atoms with Gasteiger partial charge in [0, 0.05) is 36.8 Å². The van der Waals surface area contributed by atoms with Gasteiger partial charge in [0.1, 0.15) is 5.75 Å². The van der Waals surface area contributed by atoms with Gasteiger partial charge >= 0.3 is 0 Å². The summed E-state index contributed by atoms with van der Waals surface area (Å²) in [7, 11) is 3.69. The zero-order chi connectivity index (χ0) is 13.9. The normalized spacial score (nSPS) is 17.0. The van der Waals surface area contributed by atoms with Crippen LogP contribution >= 0.6 is 24.0 Å². The van der Waals surface area contributed by atoms with E-state index in [0.29, 0.717) is 0 Å². The first-order chi connectivity index (χ1) is 9.76. The van der Waals surface area contributed by atoms with Gasteiger partial charge in [0.2, 0.25) is 0 Å². The fraction of sp³-hybridized carbons (Fsp3) is 0.118. The number of ether oxygens (including phenoxy) is 1. The predicted octanol–water partition coefficient (Wildman–Crippen LogP) is 4.31. The summed E-state index contributed by atoms with van der Waals surface area (Å²) in [5, 5.41) is 0. The number of aliphatic imine (C=N–C) groups is 1. The first-order valence-electron chi connectivity index (χ1n) is 6.49. The Morgan fingerprint density at radius 2 is 1.90 bits per heavy atom. The molecule has 0 saturated carbocycles. The van der Waals surface area contributed by atoms with Crippen LogP contribution < -0.4 is 4.74 Å². The molecule has 21 heavy (non-hydrogen) atoms. The van der Waals surface area contributed by atoms with Crippen LogP contribution in [0.4, 0.5) is 5.69 Å². The van der Waals surface area contributed by atoms with E-state index in [1.165, 1.54) is 5.57 Å². The van der Waals surface area contributed by atoms with Crippen molar-refractivity contribution in [3.05, 3.63) is 66.0 Å². The molecule has 3 rings (SSSR count). The van der Waals surface area contributed by atoms with Crippen LogP contribution in [0.3, 0.4) is 0 Å². The molecule has 0 spiro atoms. The van der Waals surface area contributed by atoms with Crippen LogP contribution in [0.15, 0.2) is 65.5 Å². The smallest absolute Gasteiger partial charge is 0.119 e. The van der Waals surface area contributed by atoms with E-state index in [1.807, 2.05) is 48.8 Å². The molecular formula is C17H17IN2O. The topological polar surface area (TPSA) is 24.8 Å². The maximum atomic E-state index is 5.27. The van der Waals surface area contributed by atoms with Crippen LogP contribution in [0.5, 0.6) is 5.75 Å². The van der Waals surface area contributed by atoms with Crippen LogP contribution in [-0.2, 0) is 0 Å². The molecule has 0 atom stereocenters. The third-order valence-corrected chi connectivity index (χ3v) is 3.32. The number of fused-ring (bicyclic) bond motifs is 1. The highest BCUT2D eigenvalue weighted by Crippen LogP contribution is 2.34. The molecule has 0 aromatic heterocycles. The highest BCUT2D eigenvalue weighted by atomic mass is 127. The SMILES string of the molecule is COc1ccc2c(c1)C(=CC=C1C=CN(C)C=C1)C=N2.I. The van der Waals surface area contributed by atoms with E-state index in [2.05, 4.69) is 29.3 Å². The molecule has 0 unspecified atom stereocenters. The highest BCUT2D eigenvalue weighted by molar-refractivity contribution is 14.0. The number of methoxy groups -OCH3 is 1. The van der Waals surface area contributed by atoms with Gasteiger partial charge in [0.05, 0.1) is 12.8 Å². The lowest BCUT2D eigenvalue weighted by molar-refractivity contribution is 0.415. The van der Waals surface area contributed by atoms with Gasteiger partial charge in [-0.2, -0.15) is 0 Å². The first-order valence-corrected chi connectivity index (χ1v) is 6.49. The van der Waals surface area contributed by atoms with Crippen molar-refractivity contribution in [3.63, 3.8) is 0 Å². The van der Waals surface area contributed by atoms with Crippen molar-refractivity contribution in [2.75, 3.05) is 14.2 Å². The van der Waals surface area contributed by atoms with Gasteiger partial charge in [-0.05, 0) is 35.9 Å². The Balaban J connectivity index is 0.00000161. The molecule has 0 amide bonds. The van der Waals surface area contributed by atoms with E-state index in [1.54, 1.807) is 7.11 Å². The quantitative estimate of drug-likeness (QED) is 0.701. The Hall–Kier alpha value is -1.82. The summed E-state index contributed by atoms with van der Waals surface area (Å²) in [6.45, 7) is 0. The molecule has 1 aromatic rings. The van der Waals surface area contributed by atoms with Gasteiger partial charge in [-0.25, -0.2) is 0 Å². The number of hydrogen-bond acceptors (Lipinski definition) is 3. The van der Waals surface area contributed by atoms with E-state index in [9.17, 15) is 0 Å². The third-order valence-electron chi connectivity index (χ3n) is 3.32. The van der Waals surface area contributed by atoms with Crippen molar-refractivity contribution in [1.82, 2.24) is 4.90 Å². The Labute approximate surface area is 142 Å². The van der Waals surface area contributed by atoms with E-state index in [4.69, 9.17) is 4.74 Å². The van der Waals surface area contributed by atoms with Crippen LogP contribution in [0.1, 0.15) is 5.56 Å². The van der Waals surface area contributed by atoms with Crippen LogP contribution in [0.2, 0.25) is 0 Å². The molecule has 2 aliphatic heterocycles. The molecule has 2 aliphatic rings. The van der Waals surface area contributed by atoms with E-state index in [0.717, 1.165) is 22.6 Å². The van der Waals surface area contributed by atoms with E-state index >= 15 is 0 Å². The van der Waals surface area contributed by atoms with Gasteiger partial charge in [0.25, 0.3) is 0 Å². The van der Waals surface area contributed by atoms with Gasteiger partial charge in [0.15, 0.2) is 0 Å². The minimum atomic E-state index is 0. The summed E-state index contributed by atoms with van der Waals surface area (Å²) >= 11 is 0. The fourth-order valence-electron chi connectivity index (χ4n) is 2.14. The van der Waals surface area contributed by atoms with Gasteiger partial charge in [-0.3, -0.25) is 4.99 Å². The molecule has 0 fully saturated rings. The standard InChI is InChI=1S/C17H16N2O.HI/c1-19-9-7-13(8-10-19)3-4-14-12-18-17-6-5-15(20-2)11-16(14)17;/h3-12H,1-2H3;1H. The third kappa shape index (κ3) is 3.44. The molecule has 108 valence electrons. The molecule has 0 saturated heterocycles. The second-order valence-electron chi connectivity index (χ2n) is 4.73. The number of benzene rings is 1. The van der Waals surface area contributed by atoms with Gasteiger partial charge in [-0.1, -0.05) is 12.2 Å². The maximum Gasteiger partial charge on any atom is 0.119 e. The molecule has 2 heterocycles. The summed E-state index contributed by atoms with van der Waals surface area (Å²) in [5.41, 5.74) is 4.37. The van der Waals surface area contributed by atoms with Crippen LogP contribution in [0, 0.1) is 0 Å². The average molecular weight is 392 g/mol. The Kier molecular flexibility index (Phi) is 5.01. The molecule has 0 N–H and O–H groups in total. The molecule has 3 nitrogen and oxygen atoms in total. The molecule has 0 radical (unpaired) electrons. The lowest BCUT2D eigenvalue weighted by Crippen LogP contribution is -2.02. The lowest BCUT2D eigenvalue weighted by Gasteiger charge is -2.11. The number of allylic oxidation sites excluding steroid dienone is 6. The monoisotopic (exact) mass is 392 g/mol. The number of hydrogen-bond donors (Lipinski definition) is 0. The molecule has 0 bridgehead atoms. The second kappa shape index (κ2) is 6.76. The van der Waals surface area contributed by atoms with E-state index < -0.39 is 0 Å². The molecule has 1 aromatic carbocycles. The van der Waals surface area contributed by atoms with E-state index in [-0.39, 0.29) is 24.0 Å². The van der Waals surface area contributed by atoms with Crippen molar-refractivity contribution in [2.24, 2.45) is 4.99 Å². The summed E-state index contributed by atoms with van der Waals surface area (Å²) in [4.78, 5) is 6.43. The largest absolute Gasteiger partial charge is 0.497 e. The average Bonchev–Trinajstić information content (AvgIpc) is 2.89. The van der Waals surface area contributed by atoms with Crippen molar-refractivity contribution in [3.8, 4) is 5.75 Å². The maximum absolute atomic E-state index is 5.27. The Morgan fingerprint density at radius 3 is 2.62 bits per heavy atom. The van der Waals surface area contributed by atoms with Crippen LogP contribution in [-0.4, -0.2) is 25.3 Å². The lowest BCUT2D eigenvalue weighted by atomic mass is 10.1. The minimum absolute atomic E-state index is 0. The fourth-order valence-corrected chi connectivity index (χ4v) is 2.14. The minimum Gasteiger partial charge on any atom is -0.497 e. The molecule has 4 heteroatoms. The second-order valence-corrected chi connectivity index (χ2v) is 4.73. The van der Waals surface area contributed by atoms with Crippen molar-refractivity contribution in [2.45, 2.75) is 0 Å². The Bertz CT molecular complexity index is 668. The number of rotatable bonds is 2. The zero-order valence-electron chi connectivity index (χ0n) is 12.0. The molecular weight excluding hydrogens is 375 g/mol.